The Balaban J connectivity index is 1.71. The highest BCUT2D eigenvalue weighted by Crippen LogP contribution is 2.35. The maximum atomic E-state index is 13.1. The van der Waals surface area contributed by atoms with Crippen molar-refractivity contribution in [3.8, 4) is 11.5 Å². The number of methoxy groups -OCH3 is 2. The molecule has 2 aromatic rings. The molecule has 1 aliphatic rings. The van der Waals surface area contributed by atoms with Gasteiger partial charge in [0.05, 0.1) is 38.4 Å². The van der Waals surface area contributed by atoms with Gasteiger partial charge in [-0.25, -0.2) is 0 Å². The number of nitrogens with zero attached hydrogens (tertiary/aromatic N) is 3. The predicted molar refractivity (Wildman–Crippen MR) is 126 cm³/mol. The summed E-state index contributed by atoms with van der Waals surface area (Å²) in [5, 5.41) is 14.3. The average Bonchev–Trinajstić information content (AvgIpc) is 2.86. The van der Waals surface area contributed by atoms with E-state index in [1.54, 1.807) is 19.1 Å². The number of morpholine rings is 1. The number of nitro benzene ring substituents is 1. The second-order valence-electron chi connectivity index (χ2n) is 7.50. The molecule has 0 unspecified atom stereocenters. The SMILES string of the molecule is CCN(CC(=O)Nc1ccc(N2CCOCC2)cc1)C(=O)c1cc(OC)c(OC)cc1[N+](=O)[O-]. The van der Waals surface area contributed by atoms with Gasteiger partial charge in [-0.15, -0.1) is 0 Å². The molecule has 2 amide bonds. The average molecular weight is 472 g/mol. The van der Waals surface area contributed by atoms with Crippen LogP contribution in [0.3, 0.4) is 0 Å². The molecular formula is C23H28N4O7. The van der Waals surface area contributed by atoms with Crippen molar-refractivity contribution in [1.29, 1.82) is 0 Å². The van der Waals surface area contributed by atoms with Crippen molar-refractivity contribution in [3.05, 3.63) is 52.1 Å². The number of nitro groups is 1. The molecule has 34 heavy (non-hydrogen) atoms. The highest BCUT2D eigenvalue weighted by atomic mass is 16.6. The van der Waals surface area contributed by atoms with Crippen LogP contribution in [0, 0.1) is 10.1 Å². The van der Waals surface area contributed by atoms with Crippen LogP contribution in [0.1, 0.15) is 17.3 Å². The van der Waals surface area contributed by atoms with Gasteiger partial charge < -0.3 is 29.3 Å². The first-order valence-corrected chi connectivity index (χ1v) is 10.8. The number of ether oxygens (including phenoxy) is 3. The van der Waals surface area contributed by atoms with Crippen LogP contribution < -0.4 is 19.7 Å². The van der Waals surface area contributed by atoms with Gasteiger partial charge in [0.1, 0.15) is 12.1 Å². The van der Waals surface area contributed by atoms with Gasteiger partial charge in [-0.05, 0) is 31.2 Å². The molecule has 0 radical (unpaired) electrons. The largest absolute Gasteiger partial charge is 0.493 e. The number of carbonyl (C=O) groups is 2. The van der Waals surface area contributed by atoms with E-state index in [0.717, 1.165) is 24.8 Å². The van der Waals surface area contributed by atoms with Crippen LogP contribution in [0.15, 0.2) is 36.4 Å². The lowest BCUT2D eigenvalue weighted by Gasteiger charge is -2.29. The molecule has 0 atom stereocenters. The maximum Gasteiger partial charge on any atom is 0.286 e. The molecule has 1 N–H and O–H groups in total. The molecule has 1 heterocycles. The third-order valence-corrected chi connectivity index (χ3v) is 5.46. The van der Waals surface area contributed by atoms with E-state index in [1.807, 2.05) is 12.1 Å². The summed E-state index contributed by atoms with van der Waals surface area (Å²) in [5.41, 5.74) is 1.00. The van der Waals surface area contributed by atoms with Crippen molar-refractivity contribution in [2.45, 2.75) is 6.92 Å². The van der Waals surface area contributed by atoms with Crippen LogP contribution in [0.25, 0.3) is 0 Å². The van der Waals surface area contributed by atoms with Gasteiger partial charge in [-0.1, -0.05) is 0 Å². The number of amides is 2. The second kappa shape index (κ2) is 11.3. The normalized spacial score (nSPS) is 13.2. The highest BCUT2D eigenvalue weighted by molar-refractivity contribution is 6.02. The summed E-state index contributed by atoms with van der Waals surface area (Å²) in [6, 6.07) is 9.80. The topological polar surface area (TPSA) is 123 Å². The summed E-state index contributed by atoms with van der Waals surface area (Å²) in [6.07, 6.45) is 0. The van der Waals surface area contributed by atoms with E-state index in [-0.39, 0.29) is 30.2 Å². The minimum Gasteiger partial charge on any atom is -0.493 e. The molecule has 3 rings (SSSR count). The Morgan fingerprint density at radius 3 is 2.29 bits per heavy atom. The summed E-state index contributed by atoms with van der Waals surface area (Å²) >= 11 is 0. The molecule has 1 fully saturated rings. The molecule has 11 nitrogen and oxygen atoms in total. The molecule has 1 aliphatic heterocycles. The van der Waals surface area contributed by atoms with Crippen LogP contribution >= 0.6 is 0 Å². The number of hydrogen-bond donors (Lipinski definition) is 1. The molecule has 1 saturated heterocycles. The summed E-state index contributed by atoms with van der Waals surface area (Å²) in [5.74, 6) is -0.769. The van der Waals surface area contributed by atoms with Crippen LogP contribution in [-0.2, 0) is 9.53 Å². The van der Waals surface area contributed by atoms with Crippen molar-refractivity contribution in [2.24, 2.45) is 0 Å². The van der Waals surface area contributed by atoms with Crippen molar-refractivity contribution in [3.63, 3.8) is 0 Å². The number of hydrogen-bond acceptors (Lipinski definition) is 8. The number of anilines is 2. The Bertz CT molecular complexity index is 1040. The Labute approximate surface area is 197 Å². The standard InChI is InChI=1S/C23H28N4O7/c1-4-25(23(29)18-13-20(32-2)21(33-3)14-19(18)27(30)31)15-22(28)24-16-5-7-17(8-6-16)26-9-11-34-12-10-26/h5-8,13-14H,4,9-12,15H2,1-3H3,(H,24,28). The van der Waals surface area contributed by atoms with Crippen molar-refractivity contribution in [1.82, 2.24) is 4.90 Å². The first-order chi connectivity index (χ1) is 16.4. The van der Waals surface area contributed by atoms with Crippen LogP contribution in [0.4, 0.5) is 17.1 Å². The van der Waals surface area contributed by atoms with Gasteiger partial charge in [0.25, 0.3) is 11.6 Å². The Hall–Kier alpha value is -3.86. The molecule has 0 saturated carbocycles. The lowest BCUT2D eigenvalue weighted by Crippen LogP contribution is -2.38. The van der Waals surface area contributed by atoms with Crippen molar-refractivity contribution >= 4 is 28.9 Å². The van der Waals surface area contributed by atoms with E-state index < -0.39 is 22.4 Å². The molecule has 182 valence electrons. The van der Waals surface area contributed by atoms with E-state index in [1.165, 1.54) is 25.2 Å². The molecule has 11 heteroatoms. The number of benzene rings is 2. The van der Waals surface area contributed by atoms with Gasteiger partial charge in [-0.3, -0.25) is 19.7 Å². The molecule has 0 spiro atoms. The van der Waals surface area contributed by atoms with Gasteiger partial charge in [0, 0.05) is 37.1 Å². The van der Waals surface area contributed by atoms with Crippen LogP contribution in [-0.4, -0.2) is 75.2 Å². The summed E-state index contributed by atoms with van der Waals surface area (Å²) in [6.45, 7) is 4.56. The van der Waals surface area contributed by atoms with Gasteiger partial charge in [0.2, 0.25) is 5.91 Å². The second-order valence-corrected chi connectivity index (χ2v) is 7.50. The number of rotatable bonds is 9. The quantitative estimate of drug-likeness (QED) is 0.436. The van der Waals surface area contributed by atoms with Crippen molar-refractivity contribution in [2.75, 3.05) is 63.8 Å². The van der Waals surface area contributed by atoms with Gasteiger partial charge >= 0.3 is 0 Å². The summed E-state index contributed by atoms with van der Waals surface area (Å²) in [7, 11) is 2.71. The zero-order chi connectivity index (χ0) is 24.7. The zero-order valence-electron chi connectivity index (χ0n) is 19.4. The molecule has 2 aromatic carbocycles. The highest BCUT2D eigenvalue weighted by Gasteiger charge is 2.28. The number of carbonyl (C=O) groups excluding carboxylic acids is 2. The first kappa shape index (κ1) is 24.8. The Morgan fingerprint density at radius 2 is 1.74 bits per heavy atom. The lowest BCUT2D eigenvalue weighted by atomic mass is 10.1. The summed E-state index contributed by atoms with van der Waals surface area (Å²) in [4.78, 5) is 40.1. The monoisotopic (exact) mass is 472 g/mol. The maximum absolute atomic E-state index is 13.1. The first-order valence-electron chi connectivity index (χ1n) is 10.8. The summed E-state index contributed by atoms with van der Waals surface area (Å²) < 4.78 is 15.6. The molecule has 0 bridgehead atoms. The van der Waals surface area contributed by atoms with E-state index in [0.29, 0.717) is 18.9 Å². The molecule has 0 aromatic heterocycles. The zero-order valence-corrected chi connectivity index (χ0v) is 19.4. The van der Waals surface area contributed by atoms with Gasteiger partial charge in [0.15, 0.2) is 11.5 Å². The predicted octanol–water partition coefficient (Wildman–Crippen LogP) is 2.55. The minimum atomic E-state index is -0.668. The van der Waals surface area contributed by atoms with E-state index >= 15 is 0 Å². The third-order valence-electron chi connectivity index (χ3n) is 5.46. The fraction of sp³-hybridized carbons (Fsp3) is 0.391. The van der Waals surface area contributed by atoms with Crippen LogP contribution in [0.2, 0.25) is 0 Å². The number of nitrogens with one attached hydrogen (secondary N) is 1. The third kappa shape index (κ3) is 5.73. The fourth-order valence-electron chi connectivity index (χ4n) is 3.64. The van der Waals surface area contributed by atoms with E-state index in [9.17, 15) is 19.7 Å². The minimum absolute atomic E-state index is 0.132. The van der Waals surface area contributed by atoms with Gasteiger partial charge in [-0.2, -0.15) is 0 Å². The smallest absolute Gasteiger partial charge is 0.286 e. The van der Waals surface area contributed by atoms with Crippen molar-refractivity contribution < 1.29 is 28.7 Å². The van der Waals surface area contributed by atoms with E-state index in [2.05, 4.69) is 10.2 Å². The van der Waals surface area contributed by atoms with E-state index in [4.69, 9.17) is 14.2 Å². The molecular weight excluding hydrogens is 444 g/mol. The molecule has 0 aliphatic carbocycles. The lowest BCUT2D eigenvalue weighted by molar-refractivity contribution is -0.385. The number of likely N-dealkylation sites (N-methyl/N-ethyl adjacent to an activating group) is 1. The fourth-order valence-corrected chi connectivity index (χ4v) is 3.64. The van der Waals surface area contributed by atoms with Crippen LogP contribution in [0.5, 0.6) is 11.5 Å². The Morgan fingerprint density at radius 1 is 1.12 bits per heavy atom. The Kier molecular flexibility index (Phi) is 8.25.